The van der Waals surface area contributed by atoms with Crippen molar-refractivity contribution in [2.24, 2.45) is 7.05 Å². The van der Waals surface area contributed by atoms with E-state index in [-0.39, 0.29) is 0 Å². The SMILES string of the molecule is Cn1c(-c2ccccc2)nc2cc(-c3ccc4cc(-c5ccc6oc7cc8c(cc7c6c5)oc5ccccc58)ccc4c3)ccc21. The second kappa shape index (κ2) is 9.43. The molecule has 0 radical (unpaired) electrons. The van der Waals surface area contributed by atoms with Crippen LogP contribution in [0.4, 0.5) is 0 Å². The van der Waals surface area contributed by atoms with Crippen LogP contribution in [0.25, 0.3) is 99.3 Å². The maximum absolute atomic E-state index is 6.30. The summed E-state index contributed by atoms with van der Waals surface area (Å²) >= 11 is 0. The van der Waals surface area contributed by atoms with E-state index in [1.807, 2.05) is 24.3 Å². The zero-order valence-electron chi connectivity index (χ0n) is 25.0. The molecular formula is C42H26N2O2. The molecule has 0 atom stereocenters. The van der Waals surface area contributed by atoms with E-state index in [0.29, 0.717) is 0 Å². The molecule has 0 fully saturated rings. The molecule has 0 spiro atoms. The molecule has 4 heteroatoms. The van der Waals surface area contributed by atoms with Gasteiger partial charge in [-0.15, -0.1) is 0 Å². The summed E-state index contributed by atoms with van der Waals surface area (Å²) < 4.78 is 14.7. The fourth-order valence-corrected chi connectivity index (χ4v) is 7.00. The van der Waals surface area contributed by atoms with Gasteiger partial charge in [-0.3, -0.25) is 0 Å². The van der Waals surface area contributed by atoms with Crippen LogP contribution in [0.1, 0.15) is 0 Å². The smallest absolute Gasteiger partial charge is 0.140 e. The van der Waals surface area contributed by atoms with Crippen LogP contribution in [0.5, 0.6) is 0 Å². The molecule has 0 aliphatic carbocycles. The van der Waals surface area contributed by atoms with E-state index in [4.69, 9.17) is 13.8 Å². The minimum absolute atomic E-state index is 0.873. The summed E-state index contributed by atoms with van der Waals surface area (Å²) in [6, 6.07) is 49.1. The van der Waals surface area contributed by atoms with Gasteiger partial charge >= 0.3 is 0 Å². The Morgan fingerprint density at radius 1 is 0.435 bits per heavy atom. The highest BCUT2D eigenvalue weighted by molar-refractivity contribution is 6.15. The summed E-state index contributed by atoms with van der Waals surface area (Å²) in [5.41, 5.74) is 11.4. The van der Waals surface area contributed by atoms with E-state index in [9.17, 15) is 0 Å². The predicted molar refractivity (Wildman–Crippen MR) is 189 cm³/mol. The fraction of sp³-hybridized carbons (Fsp3) is 0.0238. The maximum atomic E-state index is 6.30. The normalized spacial score (nSPS) is 12.0. The summed E-state index contributed by atoms with van der Waals surface area (Å²) in [6.07, 6.45) is 0. The third-order valence-corrected chi connectivity index (χ3v) is 9.39. The highest BCUT2D eigenvalue weighted by Crippen LogP contribution is 2.38. The molecule has 3 aromatic heterocycles. The maximum Gasteiger partial charge on any atom is 0.140 e. The lowest BCUT2D eigenvalue weighted by molar-refractivity contribution is 0.664. The van der Waals surface area contributed by atoms with Crippen molar-refractivity contribution in [2.45, 2.75) is 0 Å². The van der Waals surface area contributed by atoms with Gasteiger partial charge in [0.25, 0.3) is 0 Å². The summed E-state index contributed by atoms with van der Waals surface area (Å²) in [5, 5.41) is 6.74. The Labute approximate surface area is 263 Å². The van der Waals surface area contributed by atoms with Gasteiger partial charge in [0.1, 0.15) is 28.2 Å². The van der Waals surface area contributed by atoms with Gasteiger partial charge in [-0.05, 0) is 87.6 Å². The van der Waals surface area contributed by atoms with Crippen molar-refractivity contribution in [3.8, 4) is 33.6 Å². The number of benzene rings is 7. The molecule has 216 valence electrons. The largest absolute Gasteiger partial charge is 0.456 e. The van der Waals surface area contributed by atoms with Crippen LogP contribution in [0.3, 0.4) is 0 Å². The lowest BCUT2D eigenvalue weighted by Crippen LogP contribution is -1.91. The number of para-hydroxylation sites is 1. The van der Waals surface area contributed by atoms with Crippen LogP contribution < -0.4 is 0 Å². The first kappa shape index (κ1) is 25.2. The number of furan rings is 2. The monoisotopic (exact) mass is 590 g/mol. The van der Waals surface area contributed by atoms with Crippen molar-refractivity contribution >= 4 is 65.7 Å². The molecule has 0 bridgehead atoms. The minimum Gasteiger partial charge on any atom is -0.456 e. The molecular weight excluding hydrogens is 564 g/mol. The molecule has 10 rings (SSSR count). The third kappa shape index (κ3) is 3.77. The summed E-state index contributed by atoms with van der Waals surface area (Å²) in [4.78, 5) is 4.99. The number of imidazole rings is 1. The lowest BCUT2D eigenvalue weighted by atomic mass is 9.97. The Hall–Kier alpha value is -6.13. The van der Waals surface area contributed by atoms with E-state index in [0.717, 1.165) is 77.4 Å². The minimum atomic E-state index is 0.873. The van der Waals surface area contributed by atoms with Gasteiger partial charge in [0.15, 0.2) is 0 Å². The number of aryl methyl sites for hydroxylation is 1. The number of aromatic nitrogens is 2. The second-order valence-electron chi connectivity index (χ2n) is 12.1. The summed E-state index contributed by atoms with van der Waals surface area (Å²) in [5.74, 6) is 0.975. The van der Waals surface area contributed by atoms with Gasteiger partial charge in [0, 0.05) is 34.2 Å². The molecule has 0 N–H and O–H groups in total. The molecule has 0 unspecified atom stereocenters. The molecule has 0 aliphatic heterocycles. The first-order valence-corrected chi connectivity index (χ1v) is 15.5. The van der Waals surface area contributed by atoms with E-state index >= 15 is 0 Å². The van der Waals surface area contributed by atoms with E-state index in [2.05, 4.69) is 127 Å². The molecule has 0 aliphatic rings. The van der Waals surface area contributed by atoms with Crippen molar-refractivity contribution in [3.05, 3.63) is 140 Å². The molecule has 3 heterocycles. The number of nitrogens with zero attached hydrogens (tertiary/aromatic N) is 2. The number of hydrogen-bond donors (Lipinski definition) is 0. The Balaban J connectivity index is 1.02. The van der Waals surface area contributed by atoms with Crippen molar-refractivity contribution in [3.63, 3.8) is 0 Å². The second-order valence-corrected chi connectivity index (χ2v) is 12.1. The highest BCUT2D eigenvalue weighted by Gasteiger charge is 2.15. The first-order chi connectivity index (χ1) is 22.7. The number of rotatable bonds is 3. The molecule has 0 saturated carbocycles. The zero-order valence-corrected chi connectivity index (χ0v) is 25.0. The molecule has 0 amide bonds. The quantitative estimate of drug-likeness (QED) is 0.206. The Morgan fingerprint density at radius 3 is 1.76 bits per heavy atom. The van der Waals surface area contributed by atoms with Crippen molar-refractivity contribution in [1.29, 1.82) is 0 Å². The van der Waals surface area contributed by atoms with Gasteiger partial charge in [0.2, 0.25) is 0 Å². The van der Waals surface area contributed by atoms with Gasteiger partial charge in [0.05, 0.1) is 11.0 Å². The van der Waals surface area contributed by atoms with Gasteiger partial charge in [-0.1, -0.05) is 84.9 Å². The van der Waals surface area contributed by atoms with Crippen molar-refractivity contribution < 1.29 is 8.83 Å². The van der Waals surface area contributed by atoms with E-state index in [1.165, 1.54) is 21.9 Å². The van der Waals surface area contributed by atoms with E-state index in [1.54, 1.807) is 0 Å². The third-order valence-electron chi connectivity index (χ3n) is 9.39. The molecule has 4 nitrogen and oxygen atoms in total. The van der Waals surface area contributed by atoms with Crippen molar-refractivity contribution in [1.82, 2.24) is 9.55 Å². The first-order valence-electron chi connectivity index (χ1n) is 15.5. The van der Waals surface area contributed by atoms with Gasteiger partial charge in [-0.2, -0.15) is 0 Å². The van der Waals surface area contributed by atoms with Crippen LogP contribution >= 0.6 is 0 Å². The highest BCUT2D eigenvalue weighted by atomic mass is 16.3. The van der Waals surface area contributed by atoms with E-state index < -0.39 is 0 Å². The molecule has 7 aromatic carbocycles. The van der Waals surface area contributed by atoms with Crippen LogP contribution in [0, 0.1) is 0 Å². The number of hydrogen-bond acceptors (Lipinski definition) is 3. The molecule has 0 saturated heterocycles. The zero-order chi connectivity index (χ0) is 30.4. The van der Waals surface area contributed by atoms with Crippen LogP contribution in [0.15, 0.2) is 148 Å². The Bertz CT molecular complexity index is 2820. The van der Waals surface area contributed by atoms with Crippen molar-refractivity contribution in [2.75, 3.05) is 0 Å². The fourth-order valence-electron chi connectivity index (χ4n) is 7.00. The van der Waals surface area contributed by atoms with Crippen LogP contribution in [0.2, 0.25) is 0 Å². The average molecular weight is 591 g/mol. The van der Waals surface area contributed by atoms with Gasteiger partial charge in [-0.25, -0.2) is 4.98 Å². The lowest BCUT2D eigenvalue weighted by Gasteiger charge is -2.08. The molecule has 46 heavy (non-hydrogen) atoms. The molecule has 10 aromatic rings. The summed E-state index contributed by atoms with van der Waals surface area (Å²) in [7, 11) is 2.08. The number of fused-ring (bicyclic) bond motifs is 8. The van der Waals surface area contributed by atoms with Crippen LogP contribution in [-0.2, 0) is 7.05 Å². The predicted octanol–water partition coefficient (Wildman–Crippen LogP) is 11.5. The van der Waals surface area contributed by atoms with Crippen LogP contribution in [-0.4, -0.2) is 9.55 Å². The standard InChI is InChI=1S/C42H26N2O2/c1-44-37-17-15-31(22-36(37)43-42(44)25-7-3-2-4-8-25)29-14-12-26-19-28(13-11-27(26)20-29)30-16-18-39-33(21-30)35-24-40-34(23-41(35)46-39)32-9-5-6-10-38(32)45-40/h2-24H,1H3. The Morgan fingerprint density at radius 2 is 1.00 bits per heavy atom. The van der Waals surface area contributed by atoms with Gasteiger partial charge < -0.3 is 13.4 Å². The Kier molecular flexibility index (Phi) is 5.17. The average Bonchev–Trinajstić information content (AvgIpc) is 3.77. The summed E-state index contributed by atoms with van der Waals surface area (Å²) in [6.45, 7) is 0. The topological polar surface area (TPSA) is 44.1 Å².